The van der Waals surface area contributed by atoms with Gasteiger partial charge < -0.3 is 10.5 Å². The van der Waals surface area contributed by atoms with Crippen LogP contribution in [0.5, 0.6) is 0 Å². The quantitative estimate of drug-likeness (QED) is 0.868. The number of hydrogen-bond donors (Lipinski definition) is 1. The topological polar surface area (TPSA) is 52.3 Å². The lowest BCUT2D eigenvalue weighted by atomic mass is 10.0. The highest BCUT2D eigenvalue weighted by molar-refractivity contribution is 5.91. The zero-order valence-electron chi connectivity index (χ0n) is 9.53. The summed E-state index contributed by atoms with van der Waals surface area (Å²) in [5.41, 5.74) is 4.64. The van der Waals surface area contributed by atoms with Crippen molar-refractivity contribution in [2.45, 2.75) is 19.1 Å². The van der Waals surface area contributed by atoms with Crippen molar-refractivity contribution in [3.8, 4) is 0 Å². The van der Waals surface area contributed by atoms with E-state index in [-0.39, 0.29) is 30.1 Å². The monoisotopic (exact) mass is 283 g/mol. The second-order valence-corrected chi connectivity index (χ2v) is 3.33. The molecule has 102 valence electrons. The molecule has 0 radical (unpaired) electrons. The number of hydrogen-bond acceptors (Lipinski definition) is 3. The first kappa shape index (κ1) is 16.7. The predicted molar refractivity (Wildman–Crippen MR) is 62.6 cm³/mol. The van der Waals surface area contributed by atoms with E-state index in [1.54, 1.807) is 6.92 Å². The number of rotatable bonds is 3. The van der Waals surface area contributed by atoms with Crippen molar-refractivity contribution in [1.29, 1.82) is 0 Å². The van der Waals surface area contributed by atoms with Gasteiger partial charge >= 0.3 is 12.1 Å². The third-order valence-corrected chi connectivity index (χ3v) is 2.14. The van der Waals surface area contributed by atoms with Crippen LogP contribution in [0.25, 0.3) is 0 Å². The van der Waals surface area contributed by atoms with Crippen LogP contribution in [0.2, 0.25) is 0 Å². The van der Waals surface area contributed by atoms with Gasteiger partial charge in [0, 0.05) is 0 Å². The SMILES string of the molecule is CCOC(=O)c1ccccc1C(N)C(F)(F)F.Cl. The van der Waals surface area contributed by atoms with Gasteiger partial charge in [-0.3, -0.25) is 0 Å². The molecule has 0 spiro atoms. The maximum Gasteiger partial charge on any atom is 0.407 e. The maximum atomic E-state index is 12.5. The molecular weight excluding hydrogens is 271 g/mol. The number of carbonyl (C=O) groups is 1. The summed E-state index contributed by atoms with van der Waals surface area (Å²) < 4.78 is 42.1. The van der Waals surface area contributed by atoms with Gasteiger partial charge in [0.2, 0.25) is 0 Å². The Kier molecular flexibility index (Phi) is 6.14. The molecule has 0 saturated heterocycles. The van der Waals surface area contributed by atoms with E-state index in [1.165, 1.54) is 24.3 Å². The van der Waals surface area contributed by atoms with Crippen LogP contribution in [0.4, 0.5) is 13.2 Å². The number of carbonyl (C=O) groups excluding carboxylic acids is 1. The van der Waals surface area contributed by atoms with Gasteiger partial charge in [-0.25, -0.2) is 4.79 Å². The molecule has 1 atom stereocenters. The molecule has 3 nitrogen and oxygen atoms in total. The standard InChI is InChI=1S/C11H12F3NO2.ClH/c1-2-17-10(16)8-6-4-3-5-7(8)9(15)11(12,13)14;/h3-6,9H,2,15H2,1H3;1H. The van der Waals surface area contributed by atoms with E-state index in [2.05, 4.69) is 4.74 Å². The highest BCUT2D eigenvalue weighted by atomic mass is 35.5. The Morgan fingerprint density at radius 2 is 1.94 bits per heavy atom. The first-order valence-corrected chi connectivity index (χ1v) is 4.96. The van der Waals surface area contributed by atoms with Gasteiger partial charge in [-0.2, -0.15) is 13.2 Å². The minimum Gasteiger partial charge on any atom is -0.462 e. The molecule has 0 bridgehead atoms. The van der Waals surface area contributed by atoms with Gasteiger partial charge in [0.1, 0.15) is 6.04 Å². The molecule has 0 fully saturated rings. The molecule has 0 saturated carbocycles. The molecule has 1 aromatic carbocycles. The Labute approximate surface area is 109 Å². The van der Waals surface area contributed by atoms with E-state index in [1.807, 2.05) is 0 Å². The predicted octanol–water partition coefficient (Wildman–Crippen LogP) is 2.85. The lowest BCUT2D eigenvalue weighted by molar-refractivity contribution is -0.149. The highest BCUT2D eigenvalue weighted by Crippen LogP contribution is 2.32. The molecule has 0 aliphatic carbocycles. The molecule has 2 N–H and O–H groups in total. The minimum atomic E-state index is -4.59. The fraction of sp³-hybridized carbons (Fsp3) is 0.364. The average Bonchev–Trinajstić information content (AvgIpc) is 2.27. The van der Waals surface area contributed by atoms with E-state index in [0.29, 0.717) is 0 Å². The largest absolute Gasteiger partial charge is 0.462 e. The number of benzene rings is 1. The van der Waals surface area contributed by atoms with Gasteiger partial charge in [0.05, 0.1) is 12.2 Å². The van der Waals surface area contributed by atoms with Crippen LogP contribution in [0, 0.1) is 0 Å². The molecule has 1 unspecified atom stereocenters. The fourth-order valence-corrected chi connectivity index (χ4v) is 1.34. The molecule has 0 aliphatic rings. The first-order valence-electron chi connectivity index (χ1n) is 4.96. The number of halogens is 4. The Bertz CT molecular complexity index is 410. The molecule has 0 heterocycles. The number of nitrogens with two attached hydrogens (primary N) is 1. The Hall–Kier alpha value is -1.27. The molecule has 7 heteroatoms. The summed E-state index contributed by atoms with van der Waals surface area (Å²) in [7, 11) is 0. The lowest BCUT2D eigenvalue weighted by Gasteiger charge is -2.18. The van der Waals surface area contributed by atoms with Crippen LogP contribution in [0.15, 0.2) is 24.3 Å². The molecule has 1 rings (SSSR count). The van der Waals surface area contributed by atoms with Crippen LogP contribution in [-0.4, -0.2) is 18.8 Å². The maximum absolute atomic E-state index is 12.5. The summed E-state index contributed by atoms with van der Waals surface area (Å²) in [4.78, 5) is 11.5. The summed E-state index contributed by atoms with van der Waals surface area (Å²) in [6, 6.07) is 3.09. The molecule has 0 aromatic heterocycles. The van der Waals surface area contributed by atoms with Crippen molar-refractivity contribution >= 4 is 18.4 Å². The molecule has 0 amide bonds. The normalized spacial score (nSPS) is 12.5. The van der Waals surface area contributed by atoms with Crippen molar-refractivity contribution in [2.75, 3.05) is 6.61 Å². The van der Waals surface area contributed by atoms with Crippen LogP contribution in [0.3, 0.4) is 0 Å². The summed E-state index contributed by atoms with van der Waals surface area (Å²) in [5.74, 6) is -0.803. The summed E-state index contributed by atoms with van der Waals surface area (Å²) in [6.07, 6.45) is -4.59. The third-order valence-electron chi connectivity index (χ3n) is 2.14. The van der Waals surface area contributed by atoms with Crippen molar-refractivity contribution in [2.24, 2.45) is 5.73 Å². The minimum absolute atomic E-state index is 0. The second kappa shape index (κ2) is 6.61. The first-order chi connectivity index (χ1) is 7.88. The van der Waals surface area contributed by atoms with E-state index in [4.69, 9.17) is 5.73 Å². The summed E-state index contributed by atoms with van der Waals surface area (Å²) in [5, 5.41) is 0. The van der Waals surface area contributed by atoms with Crippen LogP contribution < -0.4 is 5.73 Å². The Balaban J connectivity index is 0.00000289. The summed E-state index contributed by atoms with van der Waals surface area (Å²) in [6.45, 7) is 1.67. The number of ether oxygens (including phenoxy) is 1. The van der Waals surface area contributed by atoms with Crippen molar-refractivity contribution < 1.29 is 22.7 Å². The molecule has 0 aliphatic heterocycles. The van der Waals surface area contributed by atoms with Gasteiger partial charge in [0.15, 0.2) is 0 Å². The van der Waals surface area contributed by atoms with E-state index >= 15 is 0 Å². The summed E-state index contributed by atoms with van der Waals surface area (Å²) >= 11 is 0. The van der Waals surface area contributed by atoms with E-state index in [9.17, 15) is 18.0 Å². The van der Waals surface area contributed by atoms with Crippen LogP contribution in [0.1, 0.15) is 28.9 Å². The second-order valence-electron chi connectivity index (χ2n) is 3.33. The Morgan fingerprint density at radius 3 is 2.44 bits per heavy atom. The number of esters is 1. The fourth-order valence-electron chi connectivity index (χ4n) is 1.34. The van der Waals surface area contributed by atoms with Gasteiger partial charge in [-0.15, -0.1) is 12.4 Å². The average molecular weight is 284 g/mol. The van der Waals surface area contributed by atoms with Gasteiger partial charge in [-0.05, 0) is 18.6 Å². The molecule has 18 heavy (non-hydrogen) atoms. The smallest absolute Gasteiger partial charge is 0.407 e. The van der Waals surface area contributed by atoms with Crippen LogP contribution >= 0.6 is 12.4 Å². The van der Waals surface area contributed by atoms with Crippen molar-refractivity contribution in [3.63, 3.8) is 0 Å². The molecular formula is C11H13ClF3NO2. The van der Waals surface area contributed by atoms with Crippen LogP contribution in [-0.2, 0) is 4.74 Å². The molecule has 1 aromatic rings. The van der Waals surface area contributed by atoms with E-state index in [0.717, 1.165) is 0 Å². The van der Waals surface area contributed by atoms with Gasteiger partial charge in [0.25, 0.3) is 0 Å². The van der Waals surface area contributed by atoms with Gasteiger partial charge in [-0.1, -0.05) is 18.2 Å². The lowest BCUT2D eigenvalue weighted by Crippen LogP contribution is -2.30. The van der Waals surface area contributed by atoms with Crippen molar-refractivity contribution in [3.05, 3.63) is 35.4 Å². The third kappa shape index (κ3) is 3.89. The zero-order valence-corrected chi connectivity index (χ0v) is 10.3. The Morgan fingerprint density at radius 1 is 1.39 bits per heavy atom. The van der Waals surface area contributed by atoms with Crippen molar-refractivity contribution in [1.82, 2.24) is 0 Å². The zero-order chi connectivity index (χ0) is 13.1. The highest BCUT2D eigenvalue weighted by Gasteiger charge is 2.39. The van der Waals surface area contributed by atoms with E-state index < -0.39 is 18.2 Å². The number of alkyl halides is 3.